The Kier molecular flexibility index (Phi) is 9.81. The van der Waals surface area contributed by atoms with E-state index >= 15 is 0 Å². The zero-order valence-corrected chi connectivity index (χ0v) is 18.5. The van der Waals surface area contributed by atoms with Gasteiger partial charge >= 0.3 is 0 Å². The van der Waals surface area contributed by atoms with Crippen molar-refractivity contribution in [2.45, 2.75) is 27.3 Å². The molecule has 0 amide bonds. The molecule has 2 aromatic rings. The van der Waals surface area contributed by atoms with Crippen molar-refractivity contribution in [3.8, 4) is 0 Å². The van der Waals surface area contributed by atoms with Crippen molar-refractivity contribution in [2.75, 3.05) is 31.6 Å². The zero-order chi connectivity index (χ0) is 17.4. The molecule has 0 radical (unpaired) electrons. The second-order valence-corrected chi connectivity index (χ2v) is 6.57. The number of anilines is 1. The van der Waals surface area contributed by atoms with Crippen molar-refractivity contribution in [1.29, 1.82) is 0 Å². The molecule has 25 heavy (non-hydrogen) atoms. The number of likely N-dealkylation sites (N-methyl/N-ethyl adjacent to an activating group) is 1. The molecule has 0 aliphatic carbocycles. The third kappa shape index (κ3) is 6.81. The van der Waals surface area contributed by atoms with Gasteiger partial charge in [-0.2, -0.15) is 0 Å². The highest BCUT2D eigenvalue weighted by Crippen LogP contribution is 2.15. The zero-order valence-electron chi connectivity index (χ0n) is 15.4. The van der Waals surface area contributed by atoms with Crippen molar-refractivity contribution >= 4 is 47.0 Å². The smallest absolute Gasteiger partial charge is 0.191 e. The van der Waals surface area contributed by atoms with Gasteiger partial charge in [0.25, 0.3) is 0 Å². The summed E-state index contributed by atoms with van der Waals surface area (Å²) in [7, 11) is 1.80. The fourth-order valence-electron chi connectivity index (χ4n) is 2.48. The van der Waals surface area contributed by atoms with E-state index in [9.17, 15) is 0 Å². The lowest BCUT2D eigenvalue weighted by atomic mass is 10.2. The Bertz CT molecular complexity index is 671. The molecule has 0 aliphatic rings. The van der Waals surface area contributed by atoms with E-state index in [0.29, 0.717) is 0 Å². The second-order valence-electron chi connectivity index (χ2n) is 5.63. The topological polar surface area (TPSA) is 52.5 Å². The van der Waals surface area contributed by atoms with E-state index in [1.807, 2.05) is 12.4 Å². The number of aromatic nitrogens is 1. The predicted octanol–water partition coefficient (Wildman–Crippen LogP) is 3.57. The quantitative estimate of drug-likeness (QED) is 0.367. The molecule has 0 saturated carbocycles. The number of aliphatic imine (C=N–C) groups is 1. The monoisotopic (exact) mass is 473 g/mol. The van der Waals surface area contributed by atoms with Crippen LogP contribution in [-0.4, -0.2) is 37.6 Å². The van der Waals surface area contributed by atoms with E-state index in [-0.39, 0.29) is 24.0 Å². The van der Waals surface area contributed by atoms with E-state index in [1.165, 1.54) is 16.1 Å². The number of hydrogen-bond donors (Lipinski definition) is 2. The van der Waals surface area contributed by atoms with Crippen LogP contribution in [0.1, 0.15) is 23.1 Å². The highest BCUT2D eigenvalue weighted by molar-refractivity contribution is 14.0. The largest absolute Gasteiger partial charge is 0.370 e. The maximum absolute atomic E-state index is 4.29. The van der Waals surface area contributed by atoms with E-state index in [0.717, 1.165) is 37.8 Å². The average molecular weight is 473 g/mol. The van der Waals surface area contributed by atoms with E-state index < -0.39 is 0 Å². The number of nitrogens with one attached hydrogen (secondary N) is 2. The minimum absolute atomic E-state index is 0. The van der Waals surface area contributed by atoms with Gasteiger partial charge in [-0.05, 0) is 38.5 Å². The number of benzene rings is 1. The Morgan fingerprint density at radius 1 is 1.28 bits per heavy atom. The summed E-state index contributed by atoms with van der Waals surface area (Å²) < 4.78 is 0. The lowest BCUT2D eigenvalue weighted by Gasteiger charge is -2.24. The summed E-state index contributed by atoms with van der Waals surface area (Å²) in [6.45, 7) is 9.85. The van der Waals surface area contributed by atoms with Gasteiger partial charge in [0.15, 0.2) is 5.96 Å². The van der Waals surface area contributed by atoms with Crippen molar-refractivity contribution < 1.29 is 0 Å². The number of guanidine groups is 1. The van der Waals surface area contributed by atoms with Crippen LogP contribution < -0.4 is 15.5 Å². The first-order valence-electron chi connectivity index (χ1n) is 8.29. The number of aryl methyl sites for hydroxylation is 2. The van der Waals surface area contributed by atoms with Gasteiger partial charge in [-0.25, -0.2) is 4.98 Å². The SMILES string of the molecule is CCN(CCNC(=NC)NCc1scnc1C)c1cccc(C)c1.I. The average Bonchev–Trinajstić information content (AvgIpc) is 2.99. The number of nitrogens with zero attached hydrogens (tertiary/aromatic N) is 3. The summed E-state index contributed by atoms with van der Waals surface area (Å²) >= 11 is 1.67. The molecule has 0 spiro atoms. The first kappa shape index (κ1) is 21.7. The molecule has 138 valence electrons. The van der Waals surface area contributed by atoms with Gasteiger partial charge in [-0.1, -0.05) is 12.1 Å². The third-order valence-corrected chi connectivity index (χ3v) is 4.84. The molecule has 2 N–H and O–H groups in total. The maximum Gasteiger partial charge on any atom is 0.191 e. The fourth-order valence-corrected chi connectivity index (χ4v) is 3.20. The molecule has 0 aliphatic heterocycles. The summed E-state index contributed by atoms with van der Waals surface area (Å²) in [4.78, 5) is 12.2. The van der Waals surface area contributed by atoms with Crippen LogP contribution in [0.4, 0.5) is 5.69 Å². The Labute approximate surface area is 172 Å². The number of thiazole rings is 1. The van der Waals surface area contributed by atoms with Gasteiger partial charge in [0, 0.05) is 37.2 Å². The summed E-state index contributed by atoms with van der Waals surface area (Å²) in [5.41, 5.74) is 5.52. The number of halogens is 1. The Morgan fingerprint density at radius 2 is 2.08 bits per heavy atom. The second kappa shape index (κ2) is 11.3. The van der Waals surface area contributed by atoms with Crippen LogP contribution in [0, 0.1) is 13.8 Å². The maximum atomic E-state index is 4.29. The van der Waals surface area contributed by atoms with E-state index in [4.69, 9.17) is 0 Å². The molecule has 5 nitrogen and oxygen atoms in total. The normalized spacial score (nSPS) is 11.0. The highest BCUT2D eigenvalue weighted by Gasteiger charge is 2.06. The molecular formula is C18H28IN5S. The Balaban J connectivity index is 0.00000312. The third-order valence-electron chi connectivity index (χ3n) is 3.91. The van der Waals surface area contributed by atoms with E-state index in [2.05, 4.69) is 63.6 Å². The van der Waals surface area contributed by atoms with E-state index in [1.54, 1.807) is 18.4 Å². The minimum Gasteiger partial charge on any atom is -0.370 e. The van der Waals surface area contributed by atoms with Gasteiger partial charge in [-0.15, -0.1) is 35.3 Å². The summed E-state index contributed by atoms with van der Waals surface area (Å²) in [5, 5.41) is 6.73. The standard InChI is InChI=1S/C18H27N5S.HI/c1-5-23(16-8-6-7-14(2)11-16)10-9-20-18(19-4)21-12-17-15(3)22-13-24-17;/h6-8,11,13H,5,9-10,12H2,1-4H3,(H2,19,20,21);1H. The van der Waals surface area contributed by atoms with Gasteiger partial charge in [-0.3, -0.25) is 4.99 Å². The van der Waals surface area contributed by atoms with Crippen molar-refractivity contribution in [3.63, 3.8) is 0 Å². The lowest BCUT2D eigenvalue weighted by molar-refractivity contribution is 0.750. The molecule has 1 aromatic carbocycles. The Morgan fingerprint density at radius 3 is 2.68 bits per heavy atom. The predicted molar refractivity (Wildman–Crippen MR) is 120 cm³/mol. The van der Waals surface area contributed by atoms with Crippen molar-refractivity contribution in [1.82, 2.24) is 15.6 Å². The van der Waals surface area contributed by atoms with Crippen LogP contribution in [-0.2, 0) is 6.54 Å². The van der Waals surface area contributed by atoms with Crippen LogP contribution >= 0.6 is 35.3 Å². The molecule has 0 saturated heterocycles. The molecule has 0 fully saturated rings. The molecule has 0 bridgehead atoms. The molecule has 2 rings (SSSR count). The molecule has 0 atom stereocenters. The van der Waals surface area contributed by atoms with Crippen LogP contribution in [0.25, 0.3) is 0 Å². The minimum atomic E-state index is 0. The van der Waals surface area contributed by atoms with Crippen LogP contribution in [0.15, 0.2) is 34.8 Å². The van der Waals surface area contributed by atoms with Crippen molar-refractivity contribution in [3.05, 3.63) is 45.9 Å². The summed E-state index contributed by atoms with van der Waals surface area (Å²) in [5.74, 6) is 0.822. The summed E-state index contributed by atoms with van der Waals surface area (Å²) in [6, 6.07) is 8.63. The van der Waals surface area contributed by atoms with Gasteiger partial charge < -0.3 is 15.5 Å². The van der Waals surface area contributed by atoms with Crippen LogP contribution in [0.3, 0.4) is 0 Å². The molecular weight excluding hydrogens is 445 g/mol. The van der Waals surface area contributed by atoms with Crippen molar-refractivity contribution in [2.24, 2.45) is 4.99 Å². The van der Waals surface area contributed by atoms with Crippen LogP contribution in [0.5, 0.6) is 0 Å². The van der Waals surface area contributed by atoms with Crippen LogP contribution in [0.2, 0.25) is 0 Å². The first-order chi connectivity index (χ1) is 11.6. The molecule has 1 aromatic heterocycles. The van der Waals surface area contributed by atoms with Gasteiger partial charge in [0.2, 0.25) is 0 Å². The lowest BCUT2D eigenvalue weighted by Crippen LogP contribution is -2.41. The first-order valence-corrected chi connectivity index (χ1v) is 9.17. The molecule has 0 unspecified atom stereocenters. The van der Waals surface area contributed by atoms with Gasteiger partial charge in [0.05, 0.1) is 17.7 Å². The number of hydrogen-bond acceptors (Lipinski definition) is 4. The molecule has 7 heteroatoms. The number of rotatable bonds is 7. The highest BCUT2D eigenvalue weighted by atomic mass is 127. The fraction of sp³-hybridized carbons (Fsp3) is 0.444. The van der Waals surface area contributed by atoms with Gasteiger partial charge in [0.1, 0.15) is 0 Å². The Hall–Kier alpha value is -1.35. The molecule has 1 heterocycles. The summed E-state index contributed by atoms with van der Waals surface area (Å²) in [6.07, 6.45) is 0.